The van der Waals surface area contributed by atoms with Gasteiger partial charge in [0.1, 0.15) is 5.82 Å². The summed E-state index contributed by atoms with van der Waals surface area (Å²) < 4.78 is 13.9. The molecular weight excluding hydrogens is 217 g/mol. The van der Waals surface area contributed by atoms with Gasteiger partial charge in [0, 0.05) is 18.7 Å². The number of hydrogen-bond donors (Lipinski definition) is 1. The average molecular weight is 235 g/mol. The second-order valence-electron chi connectivity index (χ2n) is 5.26. The molecule has 1 heterocycles. The summed E-state index contributed by atoms with van der Waals surface area (Å²) in [7, 11) is 0. The maximum Gasteiger partial charge on any atom is 0.146 e. The molecule has 92 valence electrons. The molecule has 1 aromatic carbocycles. The summed E-state index contributed by atoms with van der Waals surface area (Å²) in [6.07, 6.45) is 3.89. The molecule has 1 aliphatic heterocycles. The van der Waals surface area contributed by atoms with Crippen LogP contribution in [0, 0.1) is 17.7 Å². The summed E-state index contributed by atoms with van der Waals surface area (Å²) in [4.78, 5) is 2.13. The van der Waals surface area contributed by atoms with Crippen molar-refractivity contribution in [2.75, 3.05) is 18.0 Å². The second-order valence-corrected chi connectivity index (χ2v) is 5.26. The molecule has 2 aliphatic rings. The number of nitrogens with zero attached hydrogens (tertiary/aromatic N) is 1. The van der Waals surface area contributed by atoms with Crippen molar-refractivity contribution in [2.24, 2.45) is 11.8 Å². The SMILES string of the molecule is OCc1cccc(F)c1N1CC2CCCC2C1. The van der Waals surface area contributed by atoms with Gasteiger partial charge in [-0.25, -0.2) is 4.39 Å². The quantitative estimate of drug-likeness (QED) is 0.851. The van der Waals surface area contributed by atoms with Gasteiger partial charge in [0.25, 0.3) is 0 Å². The molecule has 2 nitrogen and oxygen atoms in total. The van der Waals surface area contributed by atoms with E-state index in [1.54, 1.807) is 6.07 Å². The molecule has 1 aromatic rings. The van der Waals surface area contributed by atoms with Crippen LogP contribution in [0.3, 0.4) is 0 Å². The fourth-order valence-corrected chi connectivity index (χ4v) is 3.46. The minimum Gasteiger partial charge on any atom is -0.392 e. The van der Waals surface area contributed by atoms with Crippen LogP contribution in [0.1, 0.15) is 24.8 Å². The summed E-state index contributed by atoms with van der Waals surface area (Å²) in [5.41, 5.74) is 1.34. The summed E-state index contributed by atoms with van der Waals surface area (Å²) in [5.74, 6) is 1.28. The number of rotatable bonds is 2. The Balaban J connectivity index is 1.90. The predicted octanol–water partition coefficient (Wildman–Crippen LogP) is 2.55. The number of para-hydroxylation sites is 1. The fourth-order valence-electron chi connectivity index (χ4n) is 3.46. The maximum absolute atomic E-state index is 13.9. The number of aliphatic hydroxyl groups excluding tert-OH is 1. The van der Waals surface area contributed by atoms with Crippen LogP contribution in [-0.4, -0.2) is 18.2 Å². The van der Waals surface area contributed by atoms with E-state index in [2.05, 4.69) is 4.90 Å². The van der Waals surface area contributed by atoms with Crippen molar-refractivity contribution in [1.29, 1.82) is 0 Å². The molecule has 1 aliphatic carbocycles. The van der Waals surface area contributed by atoms with Gasteiger partial charge in [-0.15, -0.1) is 0 Å². The highest BCUT2D eigenvalue weighted by Gasteiger charge is 2.37. The Morgan fingerprint density at radius 3 is 2.59 bits per heavy atom. The van der Waals surface area contributed by atoms with E-state index < -0.39 is 0 Å². The lowest BCUT2D eigenvalue weighted by molar-refractivity contribution is 0.281. The number of fused-ring (bicyclic) bond motifs is 1. The number of hydrogen-bond acceptors (Lipinski definition) is 2. The van der Waals surface area contributed by atoms with Gasteiger partial charge in [-0.05, 0) is 30.7 Å². The van der Waals surface area contributed by atoms with Crippen LogP contribution in [0.4, 0.5) is 10.1 Å². The predicted molar refractivity (Wildman–Crippen MR) is 65.4 cm³/mol. The van der Waals surface area contributed by atoms with Crippen LogP contribution in [0.5, 0.6) is 0 Å². The van der Waals surface area contributed by atoms with Crippen molar-refractivity contribution < 1.29 is 9.50 Å². The Morgan fingerprint density at radius 1 is 1.24 bits per heavy atom. The number of anilines is 1. The van der Waals surface area contributed by atoms with Gasteiger partial charge in [-0.3, -0.25) is 0 Å². The molecule has 2 unspecified atom stereocenters. The minimum atomic E-state index is -0.198. The fraction of sp³-hybridized carbons (Fsp3) is 0.571. The van der Waals surface area contributed by atoms with Crippen molar-refractivity contribution >= 4 is 5.69 Å². The third-order valence-electron chi connectivity index (χ3n) is 4.28. The van der Waals surface area contributed by atoms with Gasteiger partial charge in [0.15, 0.2) is 0 Å². The molecule has 1 saturated heterocycles. The van der Waals surface area contributed by atoms with E-state index in [0.717, 1.165) is 24.9 Å². The molecule has 0 amide bonds. The van der Waals surface area contributed by atoms with Crippen LogP contribution < -0.4 is 4.90 Å². The molecule has 3 rings (SSSR count). The molecule has 0 radical (unpaired) electrons. The van der Waals surface area contributed by atoms with Crippen molar-refractivity contribution in [1.82, 2.24) is 0 Å². The zero-order chi connectivity index (χ0) is 11.8. The van der Waals surface area contributed by atoms with Crippen LogP contribution >= 0.6 is 0 Å². The average Bonchev–Trinajstić information content (AvgIpc) is 2.88. The Bertz CT molecular complexity index is 409. The molecule has 2 atom stereocenters. The summed E-state index contributed by atoms with van der Waals surface area (Å²) in [5, 5.41) is 9.31. The molecule has 1 saturated carbocycles. The van der Waals surface area contributed by atoms with Gasteiger partial charge >= 0.3 is 0 Å². The normalized spacial score (nSPS) is 27.5. The van der Waals surface area contributed by atoms with Gasteiger partial charge in [-0.1, -0.05) is 18.6 Å². The standard InChI is InChI=1S/C14H18FNO/c15-13-6-2-5-12(9-17)14(13)16-7-10-3-1-4-11(10)8-16/h2,5-6,10-11,17H,1,3-4,7-9H2. The Morgan fingerprint density at radius 2 is 1.94 bits per heavy atom. The molecule has 2 fully saturated rings. The van der Waals surface area contributed by atoms with Crippen LogP contribution in [-0.2, 0) is 6.61 Å². The van der Waals surface area contributed by atoms with E-state index in [1.165, 1.54) is 25.3 Å². The summed E-state index contributed by atoms with van der Waals surface area (Å²) >= 11 is 0. The van der Waals surface area contributed by atoms with Gasteiger partial charge < -0.3 is 10.0 Å². The van der Waals surface area contributed by atoms with E-state index in [4.69, 9.17) is 0 Å². The van der Waals surface area contributed by atoms with Crippen LogP contribution in [0.15, 0.2) is 18.2 Å². The number of benzene rings is 1. The first-order chi connectivity index (χ1) is 8.29. The Labute approximate surface area is 101 Å². The molecule has 3 heteroatoms. The zero-order valence-electron chi connectivity index (χ0n) is 9.90. The molecule has 17 heavy (non-hydrogen) atoms. The second kappa shape index (κ2) is 4.30. The van der Waals surface area contributed by atoms with E-state index in [1.807, 2.05) is 6.07 Å². The first-order valence-electron chi connectivity index (χ1n) is 6.43. The topological polar surface area (TPSA) is 23.5 Å². The number of aliphatic hydroxyl groups is 1. The first kappa shape index (κ1) is 11.0. The van der Waals surface area contributed by atoms with Crippen molar-refractivity contribution in [3.63, 3.8) is 0 Å². The van der Waals surface area contributed by atoms with E-state index in [0.29, 0.717) is 11.3 Å². The van der Waals surface area contributed by atoms with Gasteiger partial charge in [0.05, 0.1) is 12.3 Å². The highest BCUT2D eigenvalue weighted by atomic mass is 19.1. The van der Waals surface area contributed by atoms with Crippen molar-refractivity contribution in [2.45, 2.75) is 25.9 Å². The van der Waals surface area contributed by atoms with Gasteiger partial charge in [0.2, 0.25) is 0 Å². The molecule has 0 bridgehead atoms. The Hall–Kier alpha value is -1.09. The molecular formula is C14H18FNO. The lowest BCUT2D eigenvalue weighted by Crippen LogP contribution is -2.23. The third-order valence-corrected chi connectivity index (χ3v) is 4.28. The molecule has 0 spiro atoms. The monoisotopic (exact) mass is 235 g/mol. The first-order valence-corrected chi connectivity index (χ1v) is 6.43. The van der Waals surface area contributed by atoms with Gasteiger partial charge in [-0.2, -0.15) is 0 Å². The van der Waals surface area contributed by atoms with E-state index in [-0.39, 0.29) is 12.4 Å². The highest BCUT2D eigenvalue weighted by Crippen LogP contribution is 2.40. The third kappa shape index (κ3) is 1.82. The minimum absolute atomic E-state index is 0.0844. The van der Waals surface area contributed by atoms with E-state index in [9.17, 15) is 9.50 Å². The Kier molecular flexibility index (Phi) is 2.79. The van der Waals surface area contributed by atoms with Crippen LogP contribution in [0.2, 0.25) is 0 Å². The zero-order valence-corrected chi connectivity index (χ0v) is 9.90. The maximum atomic E-state index is 13.9. The summed E-state index contributed by atoms with van der Waals surface area (Å²) in [6, 6.07) is 4.97. The lowest BCUT2D eigenvalue weighted by Gasteiger charge is -2.22. The summed E-state index contributed by atoms with van der Waals surface area (Å²) in [6.45, 7) is 1.83. The molecule has 1 N–H and O–H groups in total. The smallest absolute Gasteiger partial charge is 0.146 e. The number of halogens is 1. The molecule has 0 aromatic heterocycles. The van der Waals surface area contributed by atoms with Crippen molar-refractivity contribution in [3.8, 4) is 0 Å². The lowest BCUT2D eigenvalue weighted by atomic mass is 10.0. The van der Waals surface area contributed by atoms with Crippen molar-refractivity contribution in [3.05, 3.63) is 29.6 Å². The largest absolute Gasteiger partial charge is 0.392 e. The highest BCUT2D eigenvalue weighted by molar-refractivity contribution is 5.55. The van der Waals surface area contributed by atoms with Crippen LogP contribution in [0.25, 0.3) is 0 Å². The van der Waals surface area contributed by atoms with E-state index >= 15 is 0 Å².